The van der Waals surface area contributed by atoms with Gasteiger partial charge in [0.15, 0.2) is 0 Å². The monoisotopic (exact) mass is 313 g/mol. The van der Waals surface area contributed by atoms with Gasteiger partial charge in [-0.1, -0.05) is 31.2 Å². The molecule has 0 saturated carbocycles. The Morgan fingerprint density at radius 2 is 1.87 bits per heavy atom. The molecule has 5 nitrogen and oxygen atoms in total. The predicted molar refractivity (Wildman–Crippen MR) is 87.5 cm³/mol. The first-order chi connectivity index (χ1) is 11.1. The molecule has 0 heterocycles. The molecule has 0 saturated heterocycles. The molecule has 0 aromatic heterocycles. The third kappa shape index (κ3) is 4.57. The number of methoxy groups -OCH3 is 1. The van der Waals surface area contributed by atoms with E-state index >= 15 is 0 Å². The van der Waals surface area contributed by atoms with Crippen molar-refractivity contribution in [1.29, 1.82) is 0 Å². The van der Waals surface area contributed by atoms with Gasteiger partial charge >= 0.3 is 5.97 Å². The fourth-order valence-corrected chi connectivity index (χ4v) is 2.02. The van der Waals surface area contributed by atoms with Crippen molar-refractivity contribution in [2.45, 2.75) is 20.0 Å². The Hall–Kier alpha value is -2.82. The van der Waals surface area contributed by atoms with Crippen LogP contribution in [0.1, 0.15) is 29.3 Å². The van der Waals surface area contributed by atoms with Gasteiger partial charge in [0, 0.05) is 17.7 Å². The van der Waals surface area contributed by atoms with E-state index in [-0.39, 0.29) is 12.5 Å². The molecule has 2 aromatic carbocycles. The van der Waals surface area contributed by atoms with Crippen LogP contribution in [0.5, 0.6) is 5.75 Å². The topological polar surface area (TPSA) is 64.6 Å². The molecule has 2 aromatic rings. The molecule has 5 heteroatoms. The summed E-state index contributed by atoms with van der Waals surface area (Å²) >= 11 is 0. The summed E-state index contributed by atoms with van der Waals surface area (Å²) in [5.41, 5.74) is 1.75. The second-order valence-corrected chi connectivity index (χ2v) is 4.87. The number of esters is 1. The molecule has 1 amide bonds. The van der Waals surface area contributed by atoms with Gasteiger partial charge < -0.3 is 14.8 Å². The van der Waals surface area contributed by atoms with Crippen LogP contribution >= 0.6 is 0 Å². The van der Waals surface area contributed by atoms with Crippen molar-refractivity contribution >= 4 is 17.6 Å². The lowest BCUT2D eigenvalue weighted by atomic mass is 10.2. The minimum atomic E-state index is -0.455. The van der Waals surface area contributed by atoms with Gasteiger partial charge in [0.25, 0.3) is 0 Å². The Balaban J connectivity index is 2.03. The van der Waals surface area contributed by atoms with Gasteiger partial charge in [-0.3, -0.25) is 4.79 Å². The zero-order chi connectivity index (χ0) is 16.7. The number of nitrogens with one attached hydrogen (secondary N) is 1. The average Bonchev–Trinajstić information content (AvgIpc) is 2.60. The number of rotatable bonds is 6. The number of benzene rings is 2. The van der Waals surface area contributed by atoms with Crippen molar-refractivity contribution in [3.05, 3.63) is 59.7 Å². The van der Waals surface area contributed by atoms with Crippen molar-refractivity contribution in [3.63, 3.8) is 0 Å². The standard InChI is InChI=1S/C18H19NO4/c1-3-17(20)19-15-9-6-8-13(11-15)18(21)23-12-14-7-4-5-10-16(14)22-2/h4-11H,3,12H2,1-2H3,(H,19,20). The van der Waals surface area contributed by atoms with E-state index in [4.69, 9.17) is 9.47 Å². The number of anilines is 1. The predicted octanol–water partition coefficient (Wildman–Crippen LogP) is 3.40. The number of amides is 1. The summed E-state index contributed by atoms with van der Waals surface area (Å²) in [5.74, 6) is 0.109. The van der Waals surface area contributed by atoms with Crippen molar-refractivity contribution in [1.82, 2.24) is 0 Å². The van der Waals surface area contributed by atoms with Crippen LogP contribution in [0.25, 0.3) is 0 Å². The van der Waals surface area contributed by atoms with Gasteiger partial charge in [0.1, 0.15) is 12.4 Å². The first kappa shape index (κ1) is 16.5. The van der Waals surface area contributed by atoms with Crippen molar-refractivity contribution < 1.29 is 19.1 Å². The summed E-state index contributed by atoms with van der Waals surface area (Å²) in [5, 5.41) is 2.71. The maximum absolute atomic E-state index is 12.1. The fourth-order valence-electron chi connectivity index (χ4n) is 2.02. The molecule has 0 bridgehead atoms. The first-order valence-corrected chi connectivity index (χ1v) is 7.33. The number of para-hydroxylation sites is 1. The zero-order valence-corrected chi connectivity index (χ0v) is 13.2. The van der Waals surface area contributed by atoms with Crippen molar-refractivity contribution in [2.24, 2.45) is 0 Å². The fraction of sp³-hybridized carbons (Fsp3) is 0.222. The minimum Gasteiger partial charge on any atom is -0.496 e. The smallest absolute Gasteiger partial charge is 0.338 e. The molecule has 23 heavy (non-hydrogen) atoms. The van der Waals surface area contributed by atoms with Crippen molar-refractivity contribution in [2.75, 3.05) is 12.4 Å². The quantitative estimate of drug-likeness (QED) is 0.830. The SMILES string of the molecule is CCC(=O)Nc1cccc(C(=O)OCc2ccccc2OC)c1. The van der Waals surface area contributed by atoms with Crippen molar-refractivity contribution in [3.8, 4) is 5.75 Å². The molecule has 0 aliphatic rings. The Kier molecular flexibility index (Phi) is 5.74. The highest BCUT2D eigenvalue weighted by Gasteiger charge is 2.10. The summed E-state index contributed by atoms with van der Waals surface area (Å²) < 4.78 is 10.5. The molecule has 120 valence electrons. The number of hydrogen-bond acceptors (Lipinski definition) is 4. The van der Waals surface area contributed by atoms with E-state index in [1.54, 1.807) is 38.3 Å². The van der Waals surface area contributed by atoms with Crippen LogP contribution in [0, 0.1) is 0 Å². The molecule has 0 spiro atoms. The first-order valence-electron chi connectivity index (χ1n) is 7.33. The number of carbonyl (C=O) groups excluding carboxylic acids is 2. The molecule has 2 rings (SSSR count). The molecule has 1 N–H and O–H groups in total. The summed E-state index contributed by atoms with van der Waals surface area (Å²) in [7, 11) is 1.57. The van der Waals surface area contributed by atoms with Crippen LogP contribution in [0.15, 0.2) is 48.5 Å². The zero-order valence-electron chi connectivity index (χ0n) is 13.2. The molecule has 0 unspecified atom stereocenters. The normalized spacial score (nSPS) is 10.0. The largest absolute Gasteiger partial charge is 0.496 e. The Labute approximate surface area is 135 Å². The van der Waals surface area contributed by atoms with Gasteiger partial charge in [-0.2, -0.15) is 0 Å². The highest BCUT2D eigenvalue weighted by Crippen LogP contribution is 2.19. The van der Waals surface area contributed by atoms with Gasteiger partial charge in [-0.05, 0) is 24.3 Å². The second-order valence-electron chi connectivity index (χ2n) is 4.87. The van der Waals surface area contributed by atoms with Gasteiger partial charge in [-0.25, -0.2) is 4.79 Å². The third-order valence-corrected chi connectivity index (χ3v) is 3.25. The van der Waals surface area contributed by atoms with E-state index in [0.29, 0.717) is 23.4 Å². The van der Waals surface area contributed by atoms with Crippen LogP contribution in [-0.2, 0) is 16.1 Å². The summed E-state index contributed by atoms with van der Waals surface area (Å²) in [4.78, 5) is 23.6. The Morgan fingerprint density at radius 1 is 1.09 bits per heavy atom. The molecule has 0 aliphatic heterocycles. The highest BCUT2D eigenvalue weighted by atomic mass is 16.5. The van der Waals surface area contributed by atoms with E-state index in [2.05, 4.69) is 5.32 Å². The maximum Gasteiger partial charge on any atom is 0.338 e. The van der Waals surface area contributed by atoms with Crippen LogP contribution < -0.4 is 10.1 Å². The van der Waals surface area contributed by atoms with Gasteiger partial charge in [0.2, 0.25) is 5.91 Å². The summed E-state index contributed by atoms with van der Waals surface area (Å²) in [6.07, 6.45) is 0.377. The Morgan fingerprint density at radius 3 is 2.61 bits per heavy atom. The molecule has 0 radical (unpaired) electrons. The van der Waals surface area contributed by atoms with Crippen LogP contribution in [-0.4, -0.2) is 19.0 Å². The van der Waals surface area contributed by atoms with Crippen LogP contribution in [0.2, 0.25) is 0 Å². The number of ether oxygens (including phenoxy) is 2. The van der Waals surface area contributed by atoms with E-state index in [1.165, 1.54) is 0 Å². The van der Waals surface area contributed by atoms with Gasteiger partial charge in [-0.15, -0.1) is 0 Å². The third-order valence-electron chi connectivity index (χ3n) is 3.25. The van der Waals surface area contributed by atoms with Crippen LogP contribution in [0.3, 0.4) is 0 Å². The lowest BCUT2D eigenvalue weighted by Crippen LogP contribution is -2.11. The van der Waals surface area contributed by atoms with E-state index in [9.17, 15) is 9.59 Å². The molecular weight excluding hydrogens is 294 g/mol. The lowest BCUT2D eigenvalue weighted by molar-refractivity contribution is -0.115. The summed E-state index contributed by atoms with van der Waals surface area (Å²) in [6, 6.07) is 14.0. The Bertz CT molecular complexity index is 697. The second kappa shape index (κ2) is 7.98. The van der Waals surface area contributed by atoms with Gasteiger partial charge in [0.05, 0.1) is 12.7 Å². The van der Waals surface area contributed by atoms with E-state index in [0.717, 1.165) is 5.56 Å². The number of hydrogen-bond donors (Lipinski definition) is 1. The highest BCUT2D eigenvalue weighted by molar-refractivity contribution is 5.94. The molecular formula is C18H19NO4. The molecule has 0 atom stereocenters. The average molecular weight is 313 g/mol. The summed E-state index contributed by atoms with van der Waals surface area (Å²) in [6.45, 7) is 1.88. The van der Waals surface area contributed by atoms with E-state index < -0.39 is 5.97 Å². The van der Waals surface area contributed by atoms with Crippen LogP contribution in [0.4, 0.5) is 5.69 Å². The number of carbonyl (C=O) groups is 2. The lowest BCUT2D eigenvalue weighted by Gasteiger charge is -2.10. The molecule has 0 aliphatic carbocycles. The van der Waals surface area contributed by atoms with E-state index in [1.807, 2.05) is 24.3 Å². The molecule has 0 fully saturated rings. The minimum absolute atomic E-state index is 0.107. The maximum atomic E-state index is 12.1.